The SMILES string of the molecule is O=C(Cc1ccccc1)NCC(=O)OCC(=O)Nc1cc2c(cc1Br)OCCO2. The van der Waals surface area contributed by atoms with Crippen LogP contribution in [-0.2, 0) is 25.5 Å². The van der Waals surface area contributed by atoms with Crippen molar-refractivity contribution in [2.45, 2.75) is 6.42 Å². The Morgan fingerprint density at radius 3 is 2.41 bits per heavy atom. The molecular weight excluding hydrogens is 444 g/mol. The molecule has 0 spiro atoms. The van der Waals surface area contributed by atoms with Gasteiger partial charge in [-0.15, -0.1) is 0 Å². The fourth-order valence-electron chi connectivity index (χ4n) is 2.56. The van der Waals surface area contributed by atoms with E-state index in [4.69, 9.17) is 14.2 Å². The zero-order chi connectivity index (χ0) is 20.6. The summed E-state index contributed by atoms with van der Waals surface area (Å²) in [5.41, 5.74) is 1.30. The lowest BCUT2D eigenvalue weighted by atomic mass is 10.1. The number of halogens is 1. The number of benzene rings is 2. The molecule has 0 saturated heterocycles. The molecule has 0 fully saturated rings. The Hall–Kier alpha value is -3.07. The van der Waals surface area contributed by atoms with Crippen molar-refractivity contribution in [2.75, 3.05) is 31.7 Å². The first-order chi connectivity index (χ1) is 14.0. The molecule has 1 heterocycles. The number of fused-ring (bicyclic) bond motifs is 1. The molecule has 0 bridgehead atoms. The van der Waals surface area contributed by atoms with Crippen molar-refractivity contribution < 1.29 is 28.6 Å². The van der Waals surface area contributed by atoms with Crippen LogP contribution < -0.4 is 20.1 Å². The number of carbonyl (C=O) groups excluding carboxylic acids is 3. The number of nitrogens with one attached hydrogen (secondary N) is 2. The molecular formula is C20H19BrN2O6. The third-order valence-electron chi connectivity index (χ3n) is 3.91. The van der Waals surface area contributed by atoms with Gasteiger partial charge in [-0.1, -0.05) is 30.3 Å². The topological polar surface area (TPSA) is 103 Å². The second-order valence-corrected chi connectivity index (χ2v) is 6.98. The number of rotatable bonds is 7. The number of hydrogen-bond donors (Lipinski definition) is 2. The lowest BCUT2D eigenvalue weighted by Gasteiger charge is -2.20. The van der Waals surface area contributed by atoms with Crippen molar-refractivity contribution in [3.63, 3.8) is 0 Å². The molecule has 2 aromatic carbocycles. The molecule has 0 aromatic heterocycles. The number of ether oxygens (including phenoxy) is 3. The Morgan fingerprint density at radius 2 is 1.69 bits per heavy atom. The molecule has 0 atom stereocenters. The van der Waals surface area contributed by atoms with E-state index in [0.717, 1.165) is 5.56 Å². The summed E-state index contributed by atoms with van der Waals surface area (Å²) in [6, 6.07) is 12.5. The molecule has 0 radical (unpaired) electrons. The van der Waals surface area contributed by atoms with Gasteiger partial charge < -0.3 is 24.8 Å². The van der Waals surface area contributed by atoms with Gasteiger partial charge in [0.05, 0.1) is 12.1 Å². The molecule has 9 heteroatoms. The molecule has 0 aliphatic carbocycles. The lowest BCUT2D eigenvalue weighted by molar-refractivity contribution is -0.147. The molecule has 29 heavy (non-hydrogen) atoms. The van der Waals surface area contributed by atoms with E-state index in [-0.39, 0.29) is 18.9 Å². The summed E-state index contributed by atoms with van der Waals surface area (Å²) in [5.74, 6) is -0.432. The number of anilines is 1. The third kappa shape index (κ3) is 6.21. The van der Waals surface area contributed by atoms with E-state index < -0.39 is 18.5 Å². The fraction of sp³-hybridized carbons (Fsp3) is 0.250. The van der Waals surface area contributed by atoms with Crippen LogP contribution in [0.2, 0.25) is 0 Å². The van der Waals surface area contributed by atoms with Crippen LogP contribution in [0.5, 0.6) is 11.5 Å². The zero-order valence-corrected chi connectivity index (χ0v) is 17.0. The Bertz CT molecular complexity index is 903. The maximum Gasteiger partial charge on any atom is 0.325 e. The quantitative estimate of drug-likeness (QED) is 0.610. The van der Waals surface area contributed by atoms with Gasteiger partial charge in [-0.3, -0.25) is 14.4 Å². The third-order valence-corrected chi connectivity index (χ3v) is 4.56. The normalized spacial score (nSPS) is 12.0. The smallest absolute Gasteiger partial charge is 0.325 e. The predicted octanol–water partition coefficient (Wildman–Crippen LogP) is 2.06. The van der Waals surface area contributed by atoms with Crippen molar-refractivity contribution in [3.8, 4) is 11.5 Å². The molecule has 2 aromatic rings. The first-order valence-corrected chi connectivity index (χ1v) is 9.66. The van der Waals surface area contributed by atoms with Crippen LogP contribution in [0.4, 0.5) is 5.69 Å². The van der Waals surface area contributed by atoms with Crippen LogP contribution in [0.15, 0.2) is 46.9 Å². The predicted molar refractivity (Wildman–Crippen MR) is 108 cm³/mol. The van der Waals surface area contributed by atoms with Crippen molar-refractivity contribution in [3.05, 3.63) is 52.5 Å². The second-order valence-electron chi connectivity index (χ2n) is 6.12. The lowest BCUT2D eigenvalue weighted by Crippen LogP contribution is -2.33. The molecule has 1 aliphatic heterocycles. The molecule has 152 valence electrons. The van der Waals surface area contributed by atoms with Gasteiger partial charge in [0.1, 0.15) is 19.8 Å². The van der Waals surface area contributed by atoms with Crippen LogP contribution in [0.3, 0.4) is 0 Å². The first kappa shape index (κ1) is 20.7. The highest BCUT2D eigenvalue weighted by atomic mass is 79.9. The summed E-state index contributed by atoms with van der Waals surface area (Å²) in [4.78, 5) is 35.6. The summed E-state index contributed by atoms with van der Waals surface area (Å²) < 4.78 is 16.4. The van der Waals surface area contributed by atoms with Crippen molar-refractivity contribution in [1.82, 2.24) is 5.32 Å². The van der Waals surface area contributed by atoms with Gasteiger partial charge in [-0.05, 0) is 21.5 Å². The van der Waals surface area contributed by atoms with E-state index in [1.54, 1.807) is 12.1 Å². The Morgan fingerprint density at radius 1 is 1.00 bits per heavy atom. The number of amides is 2. The maximum atomic E-state index is 12.0. The van der Waals surface area contributed by atoms with Crippen molar-refractivity contribution in [1.29, 1.82) is 0 Å². The zero-order valence-electron chi connectivity index (χ0n) is 15.4. The van der Waals surface area contributed by atoms with Crippen LogP contribution in [0, 0.1) is 0 Å². The molecule has 1 aliphatic rings. The first-order valence-electron chi connectivity index (χ1n) is 8.86. The second kappa shape index (κ2) is 9.92. The Kier molecular flexibility index (Phi) is 7.07. The van der Waals surface area contributed by atoms with E-state index in [2.05, 4.69) is 26.6 Å². The largest absolute Gasteiger partial charge is 0.486 e. The van der Waals surface area contributed by atoms with E-state index >= 15 is 0 Å². The Balaban J connectivity index is 1.41. The van der Waals surface area contributed by atoms with E-state index in [0.29, 0.717) is 34.9 Å². The van der Waals surface area contributed by atoms with Crippen molar-refractivity contribution >= 4 is 39.4 Å². The molecule has 0 unspecified atom stereocenters. The Labute approximate surface area is 175 Å². The van der Waals surface area contributed by atoms with Crippen LogP contribution in [0.1, 0.15) is 5.56 Å². The number of hydrogen-bond acceptors (Lipinski definition) is 6. The van der Waals surface area contributed by atoms with Gasteiger partial charge in [0.25, 0.3) is 5.91 Å². The van der Waals surface area contributed by atoms with Gasteiger partial charge in [-0.2, -0.15) is 0 Å². The summed E-state index contributed by atoms with van der Waals surface area (Å²) in [6.07, 6.45) is 0.159. The molecule has 0 saturated carbocycles. The highest BCUT2D eigenvalue weighted by Gasteiger charge is 2.17. The minimum atomic E-state index is -0.706. The number of carbonyl (C=O) groups is 3. The molecule has 3 rings (SSSR count). The van der Waals surface area contributed by atoms with E-state index in [1.807, 2.05) is 30.3 Å². The average molecular weight is 463 g/mol. The standard InChI is InChI=1S/C20H19BrN2O6/c21-14-9-16-17(28-7-6-27-16)10-15(14)23-19(25)12-29-20(26)11-22-18(24)8-13-4-2-1-3-5-13/h1-5,9-10H,6-8,11-12H2,(H,22,24)(H,23,25). The van der Waals surface area contributed by atoms with E-state index in [1.165, 1.54) is 0 Å². The summed E-state index contributed by atoms with van der Waals surface area (Å²) in [6.45, 7) is 0.0968. The monoisotopic (exact) mass is 462 g/mol. The van der Waals surface area contributed by atoms with Gasteiger partial charge in [0.2, 0.25) is 5.91 Å². The van der Waals surface area contributed by atoms with Crippen LogP contribution in [-0.4, -0.2) is 44.1 Å². The number of esters is 1. The highest BCUT2D eigenvalue weighted by molar-refractivity contribution is 9.10. The summed E-state index contributed by atoms with van der Waals surface area (Å²) >= 11 is 3.35. The van der Waals surface area contributed by atoms with Crippen LogP contribution >= 0.6 is 15.9 Å². The van der Waals surface area contributed by atoms with Crippen molar-refractivity contribution in [2.24, 2.45) is 0 Å². The molecule has 2 amide bonds. The van der Waals surface area contributed by atoms with Gasteiger partial charge in [-0.25, -0.2) is 0 Å². The van der Waals surface area contributed by atoms with Crippen LogP contribution in [0.25, 0.3) is 0 Å². The molecule has 2 N–H and O–H groups in total. The average Bonchev–Trinajstić information content (AvgIpc) is 2.72. The summed E-state index contributed by atoms with van der Waals surface area (Å²) in [5, 5.41) is 5.09. The summed E-state index contributed by atoms with van der Waals surface area (Å²) in [7, 11) is 0. The van der Waals surface area contributed by atoms with Gasteiger partial charge >= 0.3 is 5.97 Å². The minimum absolute atomic E-state index is 0.159. The fourth-order valence-corrected chi connectivity index (χ4v) is 2.98. The van der Waals surface area contributed by atoms with E-state index in [9.17, 15) is 14.4 Å². The maximum absolute atomic E-state index is 12.0. The highest BCUT2D eigenvalue weighted by Crippen LogP contribution is 2.38. The van der Waals surface area contributed by atoms with Gasteiger partial charge in [0, 0.05) is 16.6 Å². The molecule has 8 nitrogen and oxygen atoms in total. The minimum Gasteiger partial charge on any atom is -0.486 e. The van der Waals surface area contributed by atoms with Gasteiger partial charge in [0.15, 0.2) is 18.1 Å².